The molecule has 104 valence electrons. The highest BCUT2D eigenvalue weighted by Crippen LogP contribution is 2.14. The quantitative estimate of drug-likeness (QED) is 0.786. The highest BCUT2D eigenvalue weighted by atomic mass is 16.4. The number of aromatic nitrogens is 2. The molecule has 0 aliphatic heterocycles. The molecule has 7 heteroatoms. The van der Waals surface area contributed by atoms with Crippen LogP contribution in [0, 0.1) is 13.8 Å². The van der Waals surface area contributed by atoms with E-state index in [9.17, 15) is 14.4 Å². The Bertz CT molecular complexity index is 577. The van der Waals surface area contributed by atoms with Crippen molar-refractivity contribution in [2.24, 2.45) is 0 Å². The Labute approximate surface area is 110 Å². The second-order valence-electron chi connectivity index (χ2n) is 4.27. The van der Waals surface area contributed by atoms with E-state index < -0.39 is 17.7 Å². The molecule has 0 saturated heterocycles. The number of nitrogens with zero attached hydrogens (tertiary/aromatic N) is 2. The van der Waals surface area contributed by atoms with Crippen LogP contribution in [0.3, 0.4) is 0 Å². The van der Waals surface area contributed by atoms with Crippen molar-refractivity contribution < 1.29 is 14.7 Å². The first-order valence-electron chi connectivity index (χ1n) is 5.81. The van der Waals surface area contributed by atoms with Gasteiger partial charge in [-0.25, -0.2) is 4.79 Å². The van der Waals surface area contributed by atoms with Gasteiger partial charge in [0.1, 0.15) is 6.04 Å². The molecule has 1 rings (SSSR count). The summed E-state index contributed by atoms with van der Waals surface area (Å²) >= 11 is 0. The molecule has 0 aromatic carbocycles. The molecule has 19 heavy (non-hydrogen) atoms. The summed E-state index contributed by atoms with van der Waals surface area (Å²) in [4.78, 5) is 38.1. The lowest BCUT2D eigenvalue weighted by Gasteiger charge is -2.19. The Morgan fingerprint density at radius 1 is 1.42 bits per heavy atom. The average molecular weight is 267 g/mol. The van der Waals surface area contributed by atoms with E-state index in [1.807, 2.05) is 0 Å². The summed E-state index contributed by atoms with van der Waals surface area (Å²) in [5.41, 5.74) is 0.740. The topological polar surface area (TPSA) is 101 Å². The smallest absolute Gasteiger partial charge is 0.348 e. The standard InChI is InChI=1S/C12H17N3O4/c1-6-9(5-10(16)17)7(2)15(12(19)14-6)8(3)11(18)13-4/h8H,5H2,1-4H3,(H,13,18)(H,16,17). The van der Waals surface area contributed by atoms with E-state index in [0.717, 1.165) is 0 Å². The lowest BCUT2D eigenvalue weighted by atomic mass is 10.1. The first-order valence-corrected chi connectivity index (χ1v) is 5.81. The van der Waals surface area contributed by atoms with Gasteiger partial charge in [-0.1, -0.05) is 0 Å². The van der Waals surface area contributed by atoms with E-state index in [1.165, 1.54) is 11.6 Å². The summed E-state index contributed by atoms with van der Waals surface area (Å²) in [5.74, 6) is -1.34. The van der Waals surface area contributed by atoms with Crippen molar-refractivity contribution >= 4 is 11.9 Å². The number of amides is 1. The first kappa shape index (κ1) is 14.9. The number of carboxylic acids is 1. The van der Waals surface area contributed by atoms with Crippen molar-refractivity contribution in [2.45, 2.75) is 33.2 Å². The number of aryl methyl sites for hydroxylation is 1. The molecule has 0 aliphatic carbocycles. The predicted molar refractivity (Wildman–Crippen MR) is 68.1 cm³/mol. The van der Waals surface area contributed by atoms with Crippen LogP contribution in [-0.4, -0.2) is 33.6 Å². The first-order chi connectivity index (χ1) is 8.79. The van der Waals surface area contributed by atoms with Gasteiger partial charge in [0.15, 0.2) is 0 Å². The summed E-state index contributed by atoms with van der Waals surface area (Å²) in [5, 5.41) is 11.3. The van der Waals surface area contributed by atoms with Crippen LogP contribution in [0.5, 0.6) is 0 Å². The number of aliphatic carboxylic acids is 1. The molecular weight excluding hydrogens is 250 g/mol. The maximum Gasteiger partial charge on any atom is 0.348 e. The molecule has 2 N–H and O–H groups in total. The zero-order valence-electron chi connectivity index (χ0n) is 11.4. The third-order valence-electron chi connectivity index (χ3n) is 3.05. The molecule has 0 fully saturated rings. The Morgan fingerprint density at radius 3 is 2.47 bits per heavy atom. The van der Waals surface area contributed by atoms with Crippen LogP contribution in [0.2, 0.25) is 0 Å². The average Bonchev–Trinajstić information content (AvgIpc) is 2.32. The molecule has 1 aromatic heterocycles. The number of carboxylic acid groups (broad SMARTS) is 1. The zero-order chi connectivity index (χ0) is 14.7. The van der Waals surface area contributed by atoms with Gasteiger partial charge in [0.25, 0.3) is 0 Å². The van der Waals surface area contributed by atoms with Crippen LogP contribution >= 0.6 is 0 Å². The fourth-order valence-corrected chi connectivity index (χ4v) is 2.00. The normalized spacial score (nSPS) is 12.0. The van der Waals surface area contributed by atoms with Crippen molar-refractivity contribution in [3.05, 3.63) is 27.4 Å². The fourth-order valence-electron chi connectivity index (χ4n) is 2.00. The van der Waals surface area contributed by atoms with Gasteiger partial charge in [0, 0.05) is 24.0 Å². The molecule has 1 aromatic rings. The highest BCUT2D eigenvalue weighted by Gasteiger charge is 2.21. The molecule has 1 amide bonds. The Kier molecular flexibility index (Phi) is 4.42. The number of hydrogen-bond donors (Lipinski definition) is 2. The maximum atomic E-state index is 11.9. The lowest BCUT2D eigenvalue weighted by Crippen LogP contribution is -2.37. The molecule has 1 atom stereocenters. The monoisotopic (exact) mass is 267 g/mol. The predicted octanol–water partition coefficient (Wildman–Crippen LogP) is -0.206. The molecule has 1 heterocycles. The number of carbonyl (C=O) groups is 2. The van der Waals surface area contributed by atoms with Gasteiger partial charge in [0.2, 0.25) is 5.91 Å². The van der Waals surface area contributed by atoms with E-state index >= 15 is 0 Å². The zero-order valence-corrected chi connectivity index (χ0v) is 11.4. The largest absolute Gasteiger partial charge is 0.481 e. The molecule has 7 nitrogen and oxygen atoms in total. The summed E-state index contributed by atoms with van der Waals surface area (Å²) in [6.07, 6.45) is -0.231. The second kappa shape index (κ2) is 5.64. The summed E-state index contributed by atoms with van der Waals surface area (Å²) in [6.45, 7) is 4.77. The van der Waals surface area contributed by atoms with Gasteiger partial charge in [-0.15, -0.1) is 0 Å². The summed E-state index contributed by atoms with van der Waals surface area (Å²) < 4.78 is 1.21. The number of carbonyl (C=O) groups excluding carboxylic acids is 1. The van der Waals surface area contributed by atoms with Gasteiger partial charge in [-0.2, -0.15) is 4.98 Å². The van der Waals surface area contributed by atoms with E-state index in [-0.39, 0.29) is 12.3 Å². The summed E-state index contributed by atoms with van der Waals surface area (Å²) in [6, 6.07) is -0.738. The SMILES string of the molecule is CNC(=O)C(C)n1c(C)c(CC(=O)O)c(C)nc1=O. The fraction of sp³-hybridized carbons (Fsp3) is 0.500. The van der Waals surface area contributed by atoms with Crippen LogP contribution in [0.4, 0.5) is 0 Å². The van der Waals surface area contributed by atoms with Crippen molar-refractivity contribution in [3.8, 4) is 0 Å². The number of hydrogen-bond acceptors (Lipinski definition) is 4. The molecule has 0 radical (unpaired) electrons. The molecule has 0 saturated carbocycles. The van der Waals surface area contributed by atoms with Gasteiger partial charge >= 0.3 is 11.7 Å². The number of nitrogens with one attached hydrogen (secondary N) is 1. The van der Waals surface area contributed by atoms with Crippen LogP contribution in [0.25, 0.3) is 0 Å². The van der Waals surface area contributed by atoms with E-state index in [2.05, 4.69) is 10.3 Å². The minimum absolute atomic E-state index is 0.231. The third kappa shape index (κ3) is 2.98. The van der Waals surface area contributed by atoms with Gasteiger partial charge in [0.05, 0.1) is 6.42 Å². The number of likely N-dealkylation sites (N-methyl/N-ethyl adjacent to an activating group) is 1. The van der Waals surface area contributed by atoms with E-state index in [1.54, 1.807) is 20.8 Å². The summed E-state index contributed by atoms with van der Waals surface area (Å²) in [7, 11) is 1.47. The van der Waals surface area contributed by atoms with E-state index in [0.29, 0.717) is 17.0 Å². The minimum Gasteiger partial charge on any atom is -0.481 e. The van der Waals surface area contributed by atoms with Gasteiger partial charge in [-0.3, -0.25) is 14.2 Å². The van der Waals surface area contributed by atoms with Crippen LogP contribution in [0.1, 0.15) is 29.9 Å². The molecule has 0 bridgehead atoms. The van der Waals surface area contributed by atoms with Crippen molar-refractivity contribution in [1.82, 2.24) is 14.9 Å². The lowest BCUT2D eigenvalue weighted by molar-refractivity contribution is -0.136. The molecule has 1 unspecified atom stereocenters. The Balaban J connectivity index is 3.44. The Morgan fingerprint density at radius 2 is 2.00 bits per heavy atom. The van der Waals surface area contributed by atoms with Crippen LogP contribution in [-0.2, 0) is 16.0 Å². The van der Waals surface area contributed by atoms with Gasteiger partial charge in [-0.05, 0) is 20.8 Å². The van der Waals surface area contributed by atoms with E-state index in [4.69, 9.17) is 5.11 Å². The molecular formula is C12H17N3O4. The maximum absolute atomic E-state index is 11.9. The molecule has 0 spiro atoms. The van der Waals surface area contributed by atoms with Crippen molar-refractivity contribution in [1.29, 1.82) is 0 Å². The third-order valence-corrected chi connectivity index (χ3v) is 3.05. The van der Waals surface area contributed by atoms with Crippen LogP contribution in [0.15, 0.2) is 4.79 Å². The molecule has 0 aliphatic rings. The van der Waals surface area contributed by atoms with Crippen molar-refractivity contribution in [3.63, 3.8) is 0 Å². The number of rotatable bonds is 4. The van der Waals surface area contributed by atoms with Gasteiger partial charge < -0.3 is 10.4 Å². The van der Waals surface area contributed by atoms with Crippen molar-refractivity contribution in [2.75, 3.05) is 7.05 Å². The second-order valence-corrected chi connectivity index (χ2v) is 4.27. The Hall–Kier alpha value is -2.18. The highest BCUT2D eigenvalue weighted by molar-refractivity contribution is 5.79. The van der Waals surface area contributed by atoms with Crippen LogP contribution < -0.4 is 11.0 Å². The minimum atomic E-state index is -1.01.